The van der Waals surface area contributed by atoms with Crippen LogP contribution in [-0.4, -0.2) is 19.5 Å². The molecule has 0 spiro atoms. The van der Waals surface area contributed by atoms with Crippen LogP contribution in [0.3, 0.4) is 0 Å². The number of hydrogen-bond acceptors (Lipinski definition) is 5. The third-order valence-electron chi connectivity index (χ3n) is 11.8. The molecule has 59 heavy (non-hydrogen) atoms. The molecular formula is C53H30N4S2. The van der Waals surface area contributed by atoms with Gasteiger partial charge in [-0.15, -0.1) is 22.7 Å². The zero-order chi connectivity index (χ0) is 38.6. The van der Waals surface area contributed by atoms with Crippen LogP contribution in [0.1, 0.15) is 0 Å². The molecule has 0 saturated heterocycles. The Balaban J connectivity index is 1.18. The zero-order valence-electron chi connectivity index (χ0n) is 31.4. The summed E-state index contributed by atoms with van der Waals surface area (Å²) in [4.78, 5) is 16.4. The summed E-state index contributed by atoms with van der Waals surface area (Å²) in [6.07, 6.45) is 0. The summed E-state index contributed by atoms with van der Waals surface area (Å²) in [7, 11) is 0. The van der Waals surface area contributed by atoms with Crippen LogP contribution in [0.25, 0.3) is 124 Å². The van der Waals surface area contributed by atoms with Crippen LogP contribution in [0, 0.1) is 0 Å². The Hall–Kier alpha value is -7.25. The average Bonchev–Trinajstić information content (AvgIpc) is 3.96. The lowest BCUT2D eigenvalue weighted by atomic mass is 10.0. The zero-order valence-corrected chi connectivity index (χ0v) is 33.1. The van der Waals surface area contributed by atoms with Gasteiger partial charge < -0.3 is 4.57 Å². The summed E-state index contributed by atoms with van der Waals surface area (Å²) >= 11 is 3.63. The molecule has 4 aromatic heterocycles. The maximum absolute atomic E-state index is 5.54. The fourth-order valence-corrected chi connectivity index (χ4v) is 11.4. The van der Waals surface area contributed by atoms with Crippen molar-refractivity contribution in [3.8, 4) is 39.9 Å². The Morgan fingerprint density at radius 2 is 0.966 bits per heavy atom. The molecule has 0 saturated carbocycles. The van der Waals surface area contributed by atoms with E-state index >= 15 is 0 Å². The van der Waals surface area contributed by atoms with Crippen molar-refractivity contribution in [2.45, 2.75) is 0 Å². The second kappa shape index (κ2) is 12.6. The summed E-state index contributed by atoms with van der Waals surface area (Å²) < 4.78 is 7.37. The van der Waals surface area contributed by atoms with Gasteiger partial charge in [-0.2, -0.15) is 0 Å². The number of aromatic nitrogens is 4. The van der Waals surface area contributed by atoms with Gasteiger partial charge in [0.25, 0.3) is 0 Å². The maximum Gasteiger partial charge on any atom is 0.166 e. The van der Waals surface area contributed by atoms with Crippen molar-refractivity contribution in [1.82, 2.24) is 19.5 Å². The quantitative estimate of drug-likeness (QED) is 0.178. The van der Waals surface area contributed by atoms with Gasteiger partial charge in [-0.1, -0.05) is 121 Å². The van der Waals surface area contributed by atoms with E-state index in [0.717, 1.165) is 49.6 Å². The maximum atomic E-state index is 5.54. The minimum absolute atomic E-state index is 0.643. The van der Waals surface area contributed by atoms with Crippen molar-refractivity contribution < 1.29 is 0 Å². The van der Waals surface area contributed by atoms with Gasteiger partial charge in [-0.25, -0.2) is 15.0 Å². The Morgan fingerprint density at radius 1 is 0.356 bits per heavy atom. The van der Waals surface area contributed by atoms with E-state index in [1.54, 1.807) is 0 Å². The number of para-hydroxylation sites is 1. The number of fused-ring (bicyclic) bond motifs is 11. The van der Waals surface area contributed by atoms with Crippen LogP contribution >= 0.6 is 22.7 Å². The van der Waals surface area contributed by atoms with Gasteiger partial charge in [-0.3, -0.25) is 0 Å². The van der Waals surface area contributed by atoms with E-state index < -0.39 is 0 Å². The average molecular weight is 787 g/mol. The summed E-state index contributed by atoms with van der Waals surface area (Å²) in [6.45, 7) is 0. The first-order valence-electron chi connectivity index (χ1n) is 19.8. The van der Waals surface area contributed by atoms with E-state index in [1.165, 1.54) is 56.5 Å². The fourth-order valence-electron chi connectivity index (χ4n) is 9.16. The molecule has 9 aromatic carbocycles. The number of rotatable bonds is 4. The number of hydrogen-bond donors (Lipinski definition) is 0. The van der Waals surface area contributed by atoms with Gasteiger partial charge in [0.1, 0.15) is 0 Å². The third-order valence-corrected chi connectivity index (χ3v) is 14.1. The van der Waals surface area contributed by atoms with Crippen LogP contribution in [0.15, 0.2) is 182 Å². The van der Waals surface area contributed by atoms with Crippen LogP contribution < -0.4 is 0 Å². The number of thiophene rings is 2. The molecule has 0 unspecified atom stereocenters. The van der Waals surface area contributed by atoms with E-state index in [-0.39, 0.29) is 0 Å². The molecular weight excluding hydrogens is 757 g/mol. The second-order valence-electron chi connectivity index (χ2n) is 15.1. The molecule has 274 valence electrons. The fraction of sp³-hybridized carbons (Fsp3) is 0. The lowest BCUT2D eigenvalue weighted by Gasteiger charge is -2.17. The minimum Gasteiger partial charge on any atom is -0.308 e. The molecule has 13 rings (SSSR count). The molecule has 4 nitrogen and oxygen atoms in total. The first-order valence-corrected chi connectivity index (χ1v) is 21.4. The third kappa shape index (κ3) is 4.97. The molecule has 13 aromatic rings. The standard InChI is InChI=1S/C53H30N4S2/c1-2-14-33-30-44-40(28-32(33)13-1)36-17-5-8-21-42(36)57(44)43-25-27-48-49(39-19-7-10-23-46(39)59-48)50(43)53-55-51(34-24-26-47-41(29-34)37-18-6-9-22-45(37)58-47)54-52(56-53)38-20-11-15-31-12-3-4-16-35(31)38/h1-30H. The predicted octanol–water partition coefficient (Wildman–Crippen LogP) is 15.0. The molecule has 0 aliphatic rings. The van der Waals surface area contributed by atoms with Crippen molar-refractivity contribution in [3.63, 3.8) is 0 Å². The van der Waals surface area contributed by atoms with E-state index in [1.807, 2.05) is 22.7 Å². The van der Waals surface area contributed by atoms with Crippen molar-refractivity contribution >= 4 is 106 Å². The Labute approximate surface area is 345 Å². The molecule has 0 aliphatic heterocycles. The van der Waals surface area contributed by atoms with Crippen LogP contribution in [-0.2, 0) is 0 Å². The van der Waals surface area contributed by atoms with Crippen molar-refractivity contribution in [3.05, 3.63) is 182 Å². The normalized spacial score (nSPS) is 12.1. The summed E-state index contributed by atoms with van der Waals surface area (Å²) in [5.74, 6) is 1.93. The molecule has 6 heteroatoms. The number of nitrogens with zero attached hydrogens (tertiary/aromatic N) is 4. The lowest BCUT2D eigenvalue weighted by molar-refractivity contribution is 1.07. The minimum atomic E-state index is 0.643. The van der Waals surface area contributed by atoms with Gasteiger partial charge in [0.05, 0.1) is 22.3 Å². The van der Waals surface area contributed by atoms with Gasteiger partial charge in [0, 0.05) is 62.2 Å². The van der Waals surface area contributed by atoms with Crippen LogP contribution in [0.4, 0.5) is 0 Å². The molecule has 4 heterocycles. The topological polar surface area (TPSA) is 43.6 Å². The molecule has 0 N–H and O–H groups in total. The van der Waals surface area contributed by atoms with Gasteiger partial charge in [-0.05, 0) is 82.2 Å². The first kappa shape index (κ1) is 32.8. The summed E-state index contributed by atoms with van der Waals surface area (Å²) in [5, 5.41) is 11.9. The number of benzene rings is 9. The summed E-state index contributed by atoms with van der Waals surface area (Å²) in [6, 6.07) is 65.5. The van der Waals surface area contributed by atoms with Crippen molar-refractivity contribution in [2.24, 2.45) is 0 Å². The summed E-state index contributed by atoms with van der Waals surface area (Å²) in [5.41, 5.74) is 6.23. The van der Waals surface area contributed by atoms with Crippen molar-refractivity contribution in [1.29, 1.82) is 0 Å². The highest BCUT2D eigenvalue weighted by atomic mass is 32.1. The Bertz CT molecular complexity index is 3870. The van der Waals surface area contributed by atoms with Gasteiger partial charge in [0.2, 0.25) is 0 Å². The first-order chi connectivity index (χ1) is 29.2. The predicted molar refractivity (Wildman–Crippen MR) is 251 cm³/mol. The highest BCUT2D eigenvalue weighted by Gasteiger charge is 2.24. The van der Waals surface area contributed by atoms with Gasteiger partial charge in [0.15, 0.2) is 17.5 Å². The highest BCUT2D eigenvalue weighted by molar-refractivity contribution is 7.26. The SMILES string of the molecule is c1ccc2cc3c(cc2c1)c1ccccc1n3-c1ccc2sc3ccccc3c2c1-c1nc(-c2ccc3sc4ccccc4c3c2)nc(-c2cccc3ccccc23)n1. The second-order valence-corrected chi connectivity index (χ2v) is 17.3. The van der Waals surface area contributed by atoms with Crippen LogP contribution in [0.2, 0.25) is 0 Å². The largest absolute Gasteiger partial charge is 0.308 e. The smallest absolute Gasteiger partial charge is 0.166 e. The van der Waals surface area contributed by atoms with Crippen molar-refractivity contribution in [2.75, 3.05) is 0 Å². The Kier molecular flexibility index (Phi) is 7.02. The molecule has 0 atom stereocenters. The molecule has 0 aliphatic carbocycles. The molecule has 0 radical (unpaired) electrons. The van der Waals surface area contributed by atoms with E-state index in [2.05, 4.69) is 187 Å². The van der Waals surface area contributed by atoms with Crippen LogP contribution in [0.5, 0.6) is 0 Å². The van der Waals surface area contributed by atoms with E-state index in [9.17, 15) is 0 Å². The molecule has 0 bridgehead atoms. The van der Waals surface area contributed by atoms with Gasteiger partial charge >= 0.3 is 0 Å². The molecule has 0 fully saturated rings. The monoisotopic (exact) mass is 786 g/mol. The lowest BCUT2D eigenvalue weighted by Crippen LogP contribution is -2.04. The van der Waals surface area contributed by atoms with E-state index in [0.29, 0.717) is 17.5 Å². The molecule has 0 amide bonds. The van der Waals surface area contributed by atoms with E-state index in [4.69, 9.17) is 15.0 Å². The highest BCUT2D eigenvalue weighted by Crippen LogP contribution is 2.46. The Morgan fingerprint density at radius 3 is 1.83 bits per heavy atom.